The summed E-state index contributed by atoms with van der Waals surface area (Å²) in [5.74, 6) is 0.335. The zero-order chi connectivity index (χ0) is 14.7. The first kappa shape index (κ1) is 16.8. The first-order valence-corrected chi connectivity index (χ1v) is 7.83. The minimum Gasteiger partial charge on any atom is -1.00 e. The molecule has 0 saturated carbocycles. The van der Waals surface area contributed by atoms with Crippen LogP contribution >= 0.6 is 0 Å². The maximum Gasteiger partial charge on any atom is 0.264 e. The number of nitrogens with zero attached hydrogens (tertiary/aromatic N) is 4. The molecular formula is C15H23ClN4O2. The Bertz CT molecular complexity index is 475. The Labute approximate surface area is 137 Å². The monoisotopic (exact) mass is 326 g/mol. The highest BCUT2D eigenvalue weighted by Gasteiger charge is 2.22. The Kier molecular flexibility index (Phi) is 5.83. The molecule has 0 N–H and O–H groups in total. The van der Waals surface area contributed by atoms with E-state index >= 15 is 0 Å². The van der Waals surface area contributed by atoms with E-state index in [1.807, 2.05) is 37.7 Å². The van der Waals surface area contributed by atoms with Crippen LogP contribution in [0.15, 0.2) is 18.7 Å². The quantitative estimate of drug-likeness (QED) is 0.555. The highest BCUT2D eigenvalue weighted by Crippen LogP contribution is 2.08. The summed E-state index contributed by atoms with van der Waals surface area (Å²) >= 11 is 0. The van der Waals surface area contributed by atoms with E-state index in [9.17, 15) is 9.59 Å². The van der Waals surface area contributed by atoms with Crippen molar-refractivity contribution in [2.45, 2.75) is 38.8 Å². The van der Waals surface area contributed by atoms with Crippen molar-refractivity contribution >= 4 is 11.8 Å². The molecule has 1 aromatic heterocycles. The van der Waals surface area contributed by atoms with Gasteiger partial charge in [0.25, 0.3) is 11.8 Å². The van der Waals surface area contributed by atoms with Gasteiger partial charge in [-0.3, -0.25) is 9.59 Å². The van der Waals surface area contributed by atoms with Crippen LogP contribution in [0.5, 0.6) is 0 Å². The lowest BCUT2D eigenvalue weighted by Gasteiger charge is -2.13. The second-order valence-corrected chi connectivity index (χ2v) is 5.93. The van der Waals surface area contributed by atoms with Gasteiger partial charge in [0, 0.05) is 26.2 Å². The average molecular weight is 327 g/mol. The standard InChI is InChI=1S/C15H23N4O2.ClH/c20-14(18-5-1-2-6-18)11-16-9-10-17(13-16)12-15(21)19-7-3-4-8-19;/h9-10,13H,1-8,11-12H2;1H/q+1;/p-1. The van der Waals surface area contributed by atoms with Gasteiger partial charge < -0.3 is 22.2 Å². The SMILES string of the molecule is O=C(Cn1cc[n+](CC(=O)N2CCCC2)c1)N1CCCC1.[Cl-]. The number of imidazole rings is 1. The van der Waals surface area contributed by atoms with Gasteiger partial charge >= 0.3 is 0 Å². The third kappa shape index (κ3) is 4.00. The van der Waals surface area contributed by atoms with Crippen molar-refractivity contribution in [2.75, 3.05) is 26.2 Å². The summed E-state index contributed by atoms with van der Waals surface area (Å²) in [5.41, 5.74) is 0. The Hall–Kier alpha value is -1.56. The molecule has 0 spiro atoms. The van der Waals surface area contributed by atoms with Crippen molar-refractivity contribution in [1.29, 1.82) is 0 Å². The van der Waals surface area contributed by atoms with E-state index in [0.29, 0.717) is 13.1 Å². The Morgan fingerprint density at radius 1 is 0.909 bits per heavy atom. The largest absolute Gasteiger partial charge is 1.00 e. The van der Waals surface area contributed by atoms with Gasteiger partial charge in [-0.1, -0.05) is 0 Å². The second kappa shape index (κ2) is 7.63. The summed E-state index contributed by atoms with van der Waals surface area (Å²) in [6.07, 6.45) is 10.0. The molecule has 2 fully saturated rings. The molecule has 2 saturated heterocycles. The van der Waals surface area contributed by atoms with Crippen molar-refractivity contribution in [3.63, 3.8) is 0 Å². The highest BCUT2D eigenvalue weighted by atomic mass is 35.5. The van der Waals surface area contributed by atoms with Gasteiger partial charge in [0.15, 0.2) is 13.1 Å². The van der Waals surface area contributed by atoms with E-state index in [1.54, 1.807) is 0 Å². The zero-order valence-electron chi connectivity index (χ0n) is 12.8. The molecule has 0 atom stereocenters. The van der Waals surface area contributed by atoms with Crippen LogP contribution in [-0.4, -0.2) is 52.4 Å². The van der Waals surface area contributed by atoms with Crippen LogP contribution in [0, 0.1) is 0 Å². The fourth-order valence-corrected chi connectivity index (χ4v) is 3.07. The van der Waals surface area contributed by atoms with Crippen molar-refractivity contribution in [2.24, 2.45) is 0 Å². The molecule has 0 radical (unpaired) electrons. The van der Waals surface area contributed by atoms with Crippen LogP contribution in [0.4, 0.5) is 0 Å². The maximum atomic E-state index is 12.1. The molecule has 0 bridgehead atoms. The molecule has 0 unspecified atom stereocenters. The number of hydrogen-bond donors (Lipinski definition) is 0. The van der Waals surface area contributed by atoms with Crippen LogP contribution < -0.4 is 17.0 Å². The number of carbonyl (C=O) groups is 2. The van der Waals surface area contributed by atoms with Crippen LogP contribution in [-0.2, 0) is 22.7 Å². The minimum atomic E-state index is 0. The van der Waals surface area contributed by atoms with Gasteiger partial charge in [-0.15, -0.1) is 0 Å². The normalized spacial score (nSPS) is 17.6. The lowest BCUT2D eigenvalue weighted by molar-refractivity contribution is -0.684. The van der Waals surface area contributed by atoms with Gasteiger partial charge in [-0.25, -0.2) is 9.13 Å². The topological polar surface area (TPSA) is 49.4 Å². The van der Waals surface area contributed by atoms with Crippen LogP contribution in [0.3, 0.4) is 0 Å². The van der Waals surface area contributed by atoms with Gasteiger partial charge in [-0.2, -0.15) is 0 Å². The summed E-state index contributed by atoms with van der Waals surface area (Å²) in [5, 5.41) is 0. The summed E-state index contributed by atoms with van der Waals surface area (Å²) < 4.78 is 3.72. The number of carbonyl (C=O) groups excluding carboxylic acids is 2. The first-order valence-electron chi connectivity index (χ1n) is 7.83. The fourth-order valence-electron chi connectivity index (χ4n) is 3.07. The van der Waals surface area contributed by atoms with E-state index in [0.717, 1.165) is 51.9 Å². The molecule has 2 amide bonds. The number of halogens is 1. The molecule has 0 aromatic carbocycles. The first-order chi connectivity index (χ1) is 10.2. The Balaban J connectivity index is 0.00000176. The fraction of sp³-hybridized carbons (Fsp3) is 0.667. The molecule has 122 valence electrons. The van der Waals surface area contributed by atoms with Crippen molar-refractivity contribution in [1.82, 2.24) is 14.4 Å². The van der Waals surface area contributed by atoms with Gasteiger partial charge in [0.1, 0.15) is 12.4 Å². The molecular weight excluding hydrogens is 304 g/mol. The van der Waals surface area contributed by atoms with E-state index in [-0.39, 0.29) is 24.2 Å². The zero-order valence-corrected chi connectivity index (χ0v) is 13.5. The summed E-state index contributed by atoms with van der Waals surface area (Å²) in [4.78, 5) is 28.0. The van der Waals surface area contributed by atoms with Crippen LogP contribution in [0.1, 0.15) is 25.7 Å². The number of likely N-dealkylation sites (tertiary alicyclic amines) is 2. The minimum absolute atomic E-state index is 0. The molecule has 3 rings (SSSR count). The number of amides is 2. The van der Waals surface area contributed by atoms with Gasteiger partial charge in [0.2, 0.25) is 6.33 Å². The van der Waals surface area contributed by atoms with Crippen LogP contribution in [0.2, 0.25) is 0 Å². The smallest absolute Gasteiger partial charge is 0.264 e. The summed E-state index contributed by atoms with van der Waals surface area (Å²) in [6.45, 7) is 4.26. The maximum absolute atomic E-state index is 12.1. The molecule has 22 heavy (non-hydrogen) atoms. The van der Waals surface area contributed by atoms with Gasteiger partial charge in [0.05, 0.1) is 0 Å². The number of hydrogen-bond acceptors (Lipinski definition) is 2. The summed E-state index contributed by atoms with van der Waals surface area (Å²) in [7, 11) is 0. The lowest BCUT2D eigenvalue weighted by atomic mass is 10.4. The van der Waals surface area contributed by atoms with Crippen molar-refractivity contribution in [3.05, 3.63) is 18.7 Å². The average Bonchev–Trinajstić information content (AvgIpc) is 3.22. The van der Waals surface area contributed by atoms with E-state index < -0.39 is 0 Å². The highest BCUT2D eigenvalue weighted by molar-refractivity contribution is 5.76. The Morgan fingerprint density at radius 3 is 2.05 bits per heavy atom. The molecule has 2 aliphatic rings. The van der Waals surface area contributed by atoms with Crippen molar-refractivity contribution in [3.8, 4) is 0 Å². The molecule has 2 aliphatic heterocycles. The van der Waals surface area contributed by atoms with E-state index in [2.05, 4.69) is 0 Å². The molecule has 0 aliphatic carbocycles. The van der Waals surface area contributed by atoms with E-state index in [1.165, 1.54) is 0 Å². The van der Waals surface area contributed by atoms with Gasteiger partial charge in [-0.05, 0) is 25.7 Å². The number of aromatic nitrogens is 2. The predicted octanol–water partition coefficient (Wildman–Crippen LogP) is -2.98. The third-order valence-electron chi connectivity index (χ3n) is 4.30. The number of rotatable bonds is 4. The molecule has 7 heteroatoms. The molecule has 6 nitrogen and oxygen atoms in total. The lowest BCUT2D eigenvalue weighted by Crippen LogP contribution is -3.00. The second-order valence-electron chi connectivity index (χ2n) is 5.93. The van der Waals surface area contributed by atoms with Crippen molar-refractivity contribution < 1.29 is 26.6 Å². The third-order valence-corrected chi connectivity index (χ3v) is 4.30. The summed E-state index contributed by atoms with van der Waals surface area (Å²) in [6, 6.07) is 0. The molecule has 1 aromatic rings. The predicted molar refractivity (Wildman–Crippen MR) is 76.3 cm³/mol. The molecule has 3 heterocycles. The Morgan fingerprint density at radius 2 is 1.45 bits per heavy atom. The van der Waals surface area contributed by atoms with E-state index in [4.69, 9.17) is 0 Å². The van der Waals surface area contributed by atoms with Crippen LogP contribution in [0.25, 0.3) is 0 Å².